The van der Waals surface area contributed by atoms with Gasteiger partial charge in [0.15, 0.2) is 5.82 Å². The Hall–Kier alpha value is -3.42. The van der Waals surface area contributed by atoms with Gasteiger partial charge >= 0.3 is 6.09 Å². The highest BCUT2D eigenvalue weighted by molar-refractivity contribution is 5.76. The van der Waals surface area contributed by atoms with Crippen LogP contribution in [0.2, 0.25) is 0 Å². The molecule has 0 spiro atoms. The summed E-state index contributed by atoms with van der Waals surface area (Å²) >= 11 is 0. The van der Waals surface area contributed by atoms with E-state index in [1.54, 1.807) is 18.5 Å². The van der Waals surface area contributed by atoms with Crippen LogP contribution in [0.25, 0.3) is 22.5 Å². The number of aromatic amines is 1. The standard InChI is InChI=1S/C17H17N5O3/c1-2-5-19-17(24)25-13-3-4-15(23)14(7-13)11-6-12(9-18-8-11)16-20-10-21-22-16/h3-4,6-10,23H,2,5H2,1H3,(H,19,24)(H,20,21,22). The lowest BCUT2D eigenvalue weighted by Crippen LogP contribution is -2.27. The molecule has 0 fully saturated rings. The van der Waals surface area contributed by atoms with Gasteiger partial charge in [-0.3, -0.25) is 10.1 Å². The number of carbonyl (C=O) groups excluding carboxylic acids is 1. The van der Waals surface area contributed by atoms with E-state index in [0.717, 1.165) is 12.0 Å². The number of carbonyl (C=O) groups is 1. The normalized spacial score (nSPS) is 10.4. The minimum atomic E-state index is -0.535. The third-order valence-electron chi connectivity index (χ3n) is 3.44. The number of aromatic nitrogens is 4. The molecule has 0 saturated carbocycles. The highest BCUT2D eigenvalue weighted by Gasteiger charge is 2.11. The van der Waals surface area contributed by atoms with Crippen LogP contribution in [0.5, 0.6) is 11.5 Å². The second kappa shape index (κ2) is 7.43. The Morgan fingerprint density at radius 1 is 1.28 bits per heavy atom. The highest BCUT2D eigenvalue weighted by atomic mass is 16.6. The lowest BCUT2D eigenvalue weighted by Gasteiger charge is -2.10. The second-order valence-corrected chi connectivity index (χ2v) is 5.29. The fourth-order valence-electron chi connectivity index (χ4n) is 2.24. The number of hydrogen-bond acceptors (Lipinski definition) is 6. The molecular formula is C17H17N5O3. The average molecular weight is 339 g/mol. The first kappa shape index (κ1) is 16.4. The molecule has 0 aliphatic rings. The summed E-state index contributed by atoms with van der Waals surface area (Å²) < 4.78 is 5.23. The van der Waals surface area contributed by atoms with Crippen molar-refractivity contribution in [2.24, 2.45) is 0 Å². The Balaban J connectivity index is 1.88. The molecule has 128 valence electrons. The quantitative estimate of drug-likeness (QED) is 0.659. The molecule has 0 bridgehead atoms. The Morgan fingerprint density at radius 3 is 2.88 bits per heavy atom. The van der Waals surface area contributed by atoms with E-state index in [9.17, 15) is 9.90 Å². The van der Waals surface area contributed by atoms with Gasteiger partial charge in [0.25, 0.3) is 0 Å². The molecule has 0 saturated heterocycles. The van der Waals surface area contributed by atoms with Gasteiger partial charge in [-0.1, -0.05) is 6.92 Å². The van der Waals surface area contributed by atoms with Crippen LogP contribution >= 0.6 is 0 Å². The number of rotatable bonds is 5. The molecular weight excluding hydrogens is 322 g/mol. The lowest BCUT2D eigenvalue weighted by molar-refractivity contribution is 0.200. The van der Waals surface area contributed by atoms with Crippen molar-refractivity contribution in [3.05, 3.63) is 43.0 Å². The van der Waals surface area contributed by atoms with Crippen LogP contribution in [0.4, 0.5) is 4.79 Å². The number of H-pyrrole nitrogens is 1. The zero-order chi connectivity index (χ0) is 17.6. The predicted molar refractivity (Wildman–Crippen MR) is 91.0 cm³/mol. The first-order valence-corrected chi connectivity index (χ1v) is 7.77. The van der Waals surface area contributed by atoms with Crippen molar-refractivity contribution in [2.75, 3.05) is 6.54 Å². The van der Waals surface area contributed by atoms with Gasteiger partial charge in [-0.15, -0.1) is 0 Å². The lowest BCUT2D eigenvalue weighted by atomic mass is 10.0. The molecule has 2 heterocycles. The van der Waals surface area contributed by atoms with Crippen molar-refractivity contribution in [3.8, 4) is 34.0 Å². The Kier molecular flexibility index (Phi) is 4.89. The number of phenols is 1. The number of hydrogen-bond donors (Lipinski definition) is 3. The van der Waals surface area contributed by atoms with Gasteiger partial charge in [-0.2, -0.15) is 5.10 Å². The molecule has 1 amide bonds. The van der Waals surface area contributed by atoms with Crippen molar-refractivity contribution in [1.29, 1.82) is 0 Å². The highest BCUT2D eigenvalue weighted by Crippen LogP contribution is 2.33. The first-order valence-electron chi connectivity index (χ1n) is 7.77. The molecule has 25 heavy (non-hydrogen) atoms. The smallest absolute Gasteiger partial charge is 0.412 e. The molecule has 0 aliphatic heterocycles. The van der Waals surface area contributed by atoms with E-state index in [1.165, 1.54) is 18.5 Å². The van der Waals surface area contributed by atoms with Crippen LogP contribution in [-0.2, 0) is 0 Å². The zero-order valence-electron chi connectivity index (χ0n) is 13.6. The molecule has 3 aromatic rings. The molecule has 1 aromatic carbocycles. The Morgan fingerprint density at radius 2 is 2.12 bits per heavy atom. The Bertz CT molecular complexity index is 864. The Labute approximate surface area is 143 Å². The van der Waals surface area contributed by atoms with Crippen LogP contribution in [0, 0.1) is 0 Å². The van der Waals surface area contributed by atoms with Crippen molar-refractivity contribution in [2.45, 2.75) is 13.3 Å². The van der Waals surface area contributed by atoms with Crippen molar-refractivity contribution < 1.29 is 14.6 Å². The second-order valence-electron chi connectivity index (χ2n) is 5.29. The summed E-state index contributed by atoms with van der Waals surface area (Å²) in [5.41, 5.74) is 1.88. The zero-order valence-corrected chi connectivity index (χ0v) is 13.6. The minimum absolute atomic E-state index is 0.0536. The van der Waals surface area contributed by atoms with E-state index in [0.29, 0.717) is 29.2 Å². The van der Waals surface area contributed by atoms with Gasteiger partial charge in [0.05, 0.1) is 0 Å². The maximum Gasteiger partial charge on any atom is 0.412 e. The van der Waals surface area contributed by atoms with Crippen molar-refractivity contribution in [1.82, 2.24) is 25.5 Å². The summed E-state index contributed by atoms with van der Waals surface area (Å²) in [6.45, 7) is 2.49. The maximum atomic E-state index is 11.7. The molecule has 8 nitrogen and oxygen atoms in total. The average Bonchev–Trinajstić information content (AvgIpc) is 3.16. The number of ether oxygens (including phenoxy) is 1. The van der Waals surface area contributed by atoms with Gasteiger partial charge in [0.2, 0.25) is 0 Å². The minimum Gasteiger partial charge on any atom is -0.507 e. The van der Waals surface area contributed by atoms with Crippen molar-refractivity contribution >= 4 is 6.09 Å². The van der Waals surface area contributed by atoms with Crippen LogP contribution in [-0.4, -0.2) is 37.9 Å². The van der Waals surface area contributed by atoms with E-state index in [1.807, 2.05) is 13.0 Å². The van der Waals surface area contributed by atoms with Gasteiger partial charge < -0.3 is 15.2 Å². The molecule has 3 rings (SSSR count). The number of pyridine rings is 1. The topological polar surface area (TPSA) is 113 Å². The maximum absolute atomic E-state index is 11.7. The van der Waals surface area contributed by atoms with Crippen LogP contribution in [0.3, 0.4) is 0 Å². The summed E-state index contributed by atoms with van der Waals surface area (Å²) in [5, 5.41) is 19.4. The van der Waals surface area contributed by atoms with Gasteiger partial charge in [0, 0.05) is 35.6 Å². The fourth-order valence-corrected chi connectivity index (χ4v) is 2.24. The number of nitrogens with zero attached hydrogens (tertiary/aromatic N) is 3. The monoisotopic (exact) mass is 339 g/mol. The third-order valence-corrected chi connectivity index (χ3v) is 3.44. The number of phenolic OH excluding ortho intramolecular Hbond substituents is 1. The van der Waals surface area contributed by atoms with E-state index in [-0.39, 0.29) is 5.75 Å². The molecule has 8 heteroatoms. The molecule has 0 unspecified atom stereocenters. The van der Waals surface area contributed by atoms with Crippen LogP contribution in [0.1, 0.15) is 13.3 Å². The fraction of sp³-hybridized carbons (Fsp3) is 0.176. The number of nitrogens with one attached hydrogen (secondary N) is 2. The van der Waals surface area contributed by atoms with Crippen LogP contribution in [0.15, 0.2) is 43.0 Å². The van der Waals surface area contributed by atoms with Gasteiger partial charge in [-0.25, -0.2) is 9.78 Å². The van der Waals surface area contributed by atoms with Gasteiger partial charge in [-0.05, 0) is 30.7 Å². The summed E-state index contributed by atoms with van der Waals surface area (Å²) in [7, 11) is 0. The van der Waals surface area contributed by atoms with E-state index in [2.05, 4.69) is 25.5 Å². The molecule has 3 N–H and O–H groups in total. The number of aromatic hydroxyl groups is 1. The molecule has 0 aliphatic carbocycles. The van der Waals surface area contributed by atoms with Crippen LogP contribution < -0.4 is 10.1 Å². The van der Waals surface area contributed by atoms with E-state index in [4.69, 9.17) is 4.74 Å². The van der Waals surface area contributed by atoms with E-state index < -0.39 is 6.09 Å². The SMILES string of the molecule is CCCNC(=O)Oc1ccc(O)c(-c2cncc(-c3ncn[nH]3)c2)c1. The third kappa shape index (κ3) is 3.92. The molecule has 0 radical (unpaired) electrons. The predicted octanol–water partition coefficient (Wildman–Crippen LogP) is 2.74. The summed E-state index contributed by atoms with van der Waals surface area (Å²) in [4.78, 5) is 19.9. The number of benzene rings is 1. The summed E-state index contributed by atoms with van der Waals surface area (Å²) in [5.74, 6) is 0.949. The molecule has 0 atom stereocenters. The van der Waals surface area contributed by atoms with Crippen molar-refractivity contribution in [3.63, 3.8) is 0 Å². The van der Waals surface area contributed by atoms with E-state index >= 15 is 0 Å². The summed E-state index contributed by atoms with van der Waals surface area (Å²) in [6, 6.07) is 6.39. The van der Waals surface area contributed by atoms with Gasteiger partial charge in [0.1, 0.15) is 17.8 Å². The summed E-state index contributed by atoms with van der Waals surface area (Å²) in [6.07, 6.45) is 4.93. The largest absolute Gasteiger partial charge is 0.507 e. The first-order chi connectivity index (χ1) is 12.2. The molecule has 2 aromatic heterocycles. The number of amides is 1.